The zero-order valence-corrected chi connectivity index (χ0v) is 11.5. The molecule has 0 spiro atoms. The van der Waals surface area contributed by atoms with Crippen molar-refractivity contribution < 1.29 is 19.1 Å². The van der Waals surface area contributed by atoms with Crippen molar-refractivity contribution in [2.45, 2.75) is 0 Å². The molecule has 1 N–H and O–H groups in total. The summed E-state index contributed by atoms with van der Waals surface area (Å²) in [5.74, 6) is -0.307. The van der Waals surface area contributed by atoms with Crippen LogP contribution in [0, 0.1) is 0 Å². The van der Waals surface area contributed by atoms with Gasteiger partial charge >= 0.3 is 5.97 Å². The zero-order valence-electron chi connectivity index (χ0n) is 11.5. The molecule has 0 aromatic heterocycles. The van der Waals surface area contributed by atoms with Gasteiger partial charge in [-0.05, 0) is 24.3 Å². The van der Waals surface area contributed by atoms with Gasteiger partial charge in [-0.1, -0.05) is 24.3 Å². The van der Waals surface area contributed by atoms with Gasteiger partial charge < -0.3 is 14.8 Å². The monoisotopic (exact) mass is 285 g/mol. The molecule has 0 aliphatic heterocycles. The van der Waals surface area contributed by atoms with Gasteiger partial charge in [0.25, 0.3) is 5.91 Å². The van der Waals surface area contributed by atoms with Crippen LogP contribution in [-0.2, 0) is 9.53 Å². The molecule has 0 heterocycles. The minimum Gasteiger partial charge on any atom is -0.497 e. The largest absolute Gasteiger partial charge is 0.497 e. The van der Waals surface area contributed by atoms with Crippen molar-refractivity contribution in [1.29, 1.82) is 0 Å². The number of benzene rings is 2. The number of hydrogen-bond acceptors (Lipinski definition) is 4. The quantitative estimate of drug-likeness (QED) is 0.857. The van der Waals surface area contributed by atoms with Gasteiger partial charge in [0.2, 0.25) is 0 Å². The molecule has 0 atom stereocenters. The molecule has 2 aromatic rings. The highest BCUT2D eigenvalue weighted by atomic mass is 16.5. The second-order valence-corrected chi connectivity index (χ2v) is 4.22. The Hall–Kier alpha value is -2.82. The Morgan fingerprint density at radius 3 is 2.52 bits per heavy atom. The normalized spacial score (nSPS) is 9.76. The van der Waals surface area contributed by atoms with Crippen molar-refractivity contribution in [3.8, 4) is 5.75 Å². The van der Waals surface area contributed by atoms with E-state index in [0.29, 0.717) is 17.0 Å². The SMILES string of the molecule is COc1cccc(NC(=O)COC(=O)c2ccccc2)c1. The number of hydrogen-bond donors (Lipinski definition) is 1. The van der Waals surface area contributed by atoms with Gasteiger partial charge in [-0.25, -0.2) is 4.79 Å². The number of anilines is 1. The molecule has 0 saturated carbocycles. The van der Waals surface area contributed by atoms with E-state index in [1.807, 2.05) is 0 Å². The first-order chi connectivity index (χ1) is 10.2. The summed E-state index contributed by atoms with van der Waals surface area (Å²) in [6.07, 6.45) is 0. The van der Waals surface area contributed by atoms with E-state index < -0.39 is 11.9 Å². The maximum absolute atomic E-state index is 11.7. The highest BCUT2D eigenvalue weighted by Crippen LogP contribution is 2.16. The van der Waals surface area contributed by atoms with E-state index in [4.69, 9.17) is 9.47 Å². The molecule has 0 aliphatic rings. The summed E-state index contributed by atoms with van der Waals surface area (Å²) >= 11 is 0. The molecule has 0 radical (unpaired) electrons. The van der Waals surface area contributed by atoms with E-state index in [1.54, 1.807) is 61.7 Å². The Morgan fingerprint density at radius 1 is 1.05 bits per heavy atom. The van der Waals surface area contributed by atoms with E-state index in [0.717, 1.165) is 0 Å². The van der Waals surface area contributed by atoms with Crippen LogP contribution < -0.4 is 10.1 Å². The van der Waals surface area contributed by atoms with Crippen LogP contribution >= 0.6 is 0 Å². The van der Waals surface area contributed by atoms with Gasteiger partial charge in [0.05, 0.1) is 12.7 Å². The fourth-order valence-electron chi connectivity index (χ4n) is 1.69. The summed E-state index contributed by atoms with van der Waals surface area (Å²) in [6.45, 7) is -0.342. The van der Waals surface area contributed by atoms with Crippen LogP contribution in [0.2, 0.25) is 0 Å². The van der Waals surface area contributed by atoms with E-state index >= 15 is 0 Å². The van der Waals surface area contributed by atoms with Crippen molar-refractivity contribution in [3.63, 3.8) is 0 Å². The lowest BCUT2D eigenvalue weighted by atomic mass is 10.2. The topological polar surface area (TPSA) is 64.6 Å². The predicted molar refractivity (Wildman–Crippen MR) is 78.3 cm³/mol. The molecular formula is C16H15NO4. The Balaban J connectivity index is 1.86. The molecule has 5 heteroatoms. The van der Waals surface area contributed by atoms with Gasteiger partial charge in [-0.15, -0.1) is 0 Å². The summed E-state index contributed by atoms with van der Waals surface area (Å²) in [7, 11) is 1.54. The first-order valence-electron chi connectivity index (χ1n) is 6.35. The van der Waals surface area contributed by atoms with Crippen molar-refractivity contribution in [2.24, 2.45) is 0 Å². The zero-order chi connectivity index (χ0) is 15.1. The number of carbonyl (C=O) groups excluding carboxylic acids is 2. The Bertz CT molecular complexity index is 625. The molecule has 5 nitrogen and oxygen atoms in total. The van der Waals surface area contributed by atoms with Crippen LogP contribution in [0.1, 0.15) is 10.4 Å². The molecule has 21 heavy (non-hydrogen) atoms. The van der Waals surface area contributed by atoms with Crippen molar-refractivity contribution >= 4 is 17.6 Å². The third-order valence-corrected chi connectivity index (χ3v) is 2.70. The van der Waals surface area contributed by atoms with Crippen LogP contribution in [-0.4, -0.2) is 25.6 Å². The fraction of sp³-hybridized carbons (Fsp3) is 0.125. The number of carbonyl (C=O) groups is 2. The van der Waals surface area contributed by atoms with Gasteiger partial charge in [0, 0.05) is 11.8 Å². The molecular weight excluding hydrogens is 270 g/mol. The molecule has 108 valence electrons. The second kappa shape index (κ2) is 7.09. The molecule has 1 amide bonds. The number of rotatable bonds is 5. The summed E-state index contributed by atoms with van der Waals surface area (Å²) in [5, 5.41) is 2.63. The van der Waals surface area contributed by atoms with E-state index in [1.165, 1.54) is 0 Å². The van der Waals surface area contributed by atoms with Crippen LogP contribution in [0.25, 0.3) is 0 Å². The second-order valence-electron chi connectivity index (χ2n) is 4.22. The maximum Gasteiger partial charge on any atom is 0.338 e. The molecule has 2 rings (SSSR count). The van der Waals surface area contributed by atoms with E-state index in [-0.39, 0.29) is 6.61 Å². The Morgan fingerprint density at radius 2 is 1.81 bits per heavy atom. The minimum atomic E-state index is -0.531. The third-order valence-electron chi connectivity index (χ3n) is 2.70. The fourth-order valence-corrected chi connectivity index (χ4v) is 1.69. The average Bonchev–Trinajstić information content (AvgIpc) is 2.53. The standard InChI is InChI=1S/C16H15NO4/c1-20-14-9-5-8-13(10-14)17-15(18)11-21-16(19)12-6-3-2-4-7-12/h2-10H,11H2,1H3,(H,17,18). The van der Waals surface area contributed by atoms with Crippen LogP contribution in [0.5, 0.6) is 5.75 Å². The highest BCUT2D eigenvalue weighted by Gasteiger charge is 2.09. The van der Waals surface area contributed by atoms with Gasteiger partial charge in [-0.3, -0.25) is 4.79 Å². The molecule has 0 aliphatic carbocycles. The lowest BCUT2D eigenvalue weighted by Gasteiger charge is -2.07. The van der Waals surface area contributed by atoms with Gasteiger partial charge in [0.1, 0.15) is 5.75 Å². The molecule has 0 bridgehead atoms. The van der Waals surface area contributed by atoms with Crippen LogP contribution in [0.15, 0.2) is 54.6 Å². The van der Waals surface area contributed by atoms with E-state index in [9.17, 15) is 9.59 Å². The summed E-state index contributed by atoms with van der Waals surface area (Å²) in [5.41, 5.74) is 0.988. The lowest BCUT2D eigenvalue weighted by Crippen LogP contribution is -2.20. The number of methoxy groups -OCH3 is 1. The number of amides is 1. The Labute approximate surface area is 122 Å². The first-order valence-corrected chi connectivity index (χ1v) is 6.35. The summed E-state index contributed by atoms with van der Waals surface area (Å²) < 4.78 is 9.99. The van der Waals surface area contributed by atoms with E-state index in [2.05, 4.69) is 5.32 Å². The summed E-state index contributed by atoms with van der Waals surface area (Å²) in [4.78, 5) is 23.4. The van der Waals surface area contributed by atoms with Crippen molar-refractivity contribution in [2.75, 3.05) is 19.0 Å². The molecule has 0 unspecified atom stereocenters. The maximum atomic E-state index is 11.7. The molecule has 0 saturated heterocycles. The molecule has 2 aromatic carbocycles. The number of nitrogens with one attached hydrogen (secondary N) is 1. The number of esters is 1. The predicted octanol–water partition coefficient (Wildman–Crippen LogP) is 2.49. The lowest BCUT2D eigenvalue weighted by molar-refractivity contribution is -0.119. The molecule has 0 fully saturated rings. The smallest absolute Gasteiger partial charge is 0.338 e. The summed E-state index contributed by atoms with van der Waals surface area (Å²) in [6, 6.07) is 15.4. The Kier molecular flexibility index (Phi) is 4.93. The van der Waals surface area contributed by atoms with Crippen molar-refractivity contribution in [3.05, 3.63) is 60.2 Å². The first kappa shape index (κ1) is 14.6. The van der Waals surface area contributed by atoms with Crippen LogP contribution in [0.4, 0.5) is 5.69 Å². The van der Waals surface area contributed by atoms with Crippen molar-refractivity contribution in [1.82, 2.24) is 0 Å². The van der Waals surface area contributed by atoms with Gasteiger partial charge in [-0.2, -0.15) is 0 Å². The highest BCUT2D eigenvalue weighted by molar-refractivity contribution is 5.95. The average molecular weight is 285 g/mol. The van der Waals surface area contributed by atoms with Crippen LogP contribution in [0.3, 0.4) is 0 Å². The number of ether oxygens (including phenoxy) is 2. The minimum absolute atomic E-state index is 0.342. The third kappa shape index (κ3) is 4.35. The van der Waals surface area contributed by atoms with Gasteiger partial charge in [0.15, 0.2) is 6.61 Å².